The third kappa shape index (κ3) is 4.48. The van der Waals surface area contributed by atoms with Crippen molar-refractivity contribution in [3.63, 3.8) is 0 Å². The van der Waals surface area contributed by atoms with Gasteiger partial charge in [-0.1, -0.05) is 36.4 Å². The lowest BCUT2D eigenvalue weighted by atomic mass is 10.0. The number of rotatable bonds is 7. The van der Waals surface area contributed by atoms with Crippen LogP contribution in [-0.4, -0.2) is 27.8 Å². The highest BCUT2D eigenvalue weighted by atomic mass is 16.5. The summed E-state index contributed by atoms with van der Waals surface area (Å²) in [6.07, 6.45) is 1.71. The summed E-state index contributed by atoms with van der Waals surface area (Å²) in [5.74, 6) is 0.0181. The van der Waals surface area contributed by atoms with Crippen LogP contribution in [0.15, 0.2) is 84.7 Å². The van der Waals surface area contributed by atoms with E-state index in [0.717, 1.165) is 5.75 Å². The van der Waals surface area contributed by atoms with E-state index in [-0.39, 0.29) is 30.2 Å². The lowest BCUT2D eigenvalue weighted by Gasteiger charge is -2.15. The van der Waals surface area contributed by atoms with Gasteiger partial charge in [-0.2, -0.15) is 0 Å². The normalized spacial score (nSPS) is 13.8. The SMILES string of the molecule is CC(C)Oc1ccc(NC2=C(c3ccccc3)C(=O)N(Cc3ccccn3)C2=O)cc1. The van der Waals surface area contributed by atoms with E-state index in [2.05, 4.69) is 10.3 Å². The van der Waals surface area contributed by atoms with Gasteiger partial charge in [-0.25, -0.2) is 0 Å². The number of hydrogen-bond acceptors (Lipinski definition) is 5. The topological polar surface area (TPSA) is 71.5 Å². The molecule has 4 rings (SSSR count). The first-order valence-electron chi connectivity index (χ1n) is 10.1. The molecule has 0 saturated heterocycles. The van der Waals surface area contributed by atoms with Gasteiger partial charge in [0.05, 0.1) is 23.9 Å². The number of carbonyl (C=O) groups excluding carboxylic acids is 2. The van der Waals surface area contributed by atoms with Crippen molar-refractivity contribution in [2.24, 2.45) is 0 Å². The first kappa shape index (κ1) is 20.3. The Labute approximate surface area is 181 Å². The van der Waals surface area contributed by atoms with E-state index in [1.807, 2.05) is 74.5 Å². The Kier molecular flexibility index (Phi) is 5.80. The average molecular weight is 413 g/mol. The molecule has 0 aliphatic carbocycles. The fraction of sp³-hybridized carbons (Fsp3) is 0.160. The van der Waals surface area contributed by atoms with Gasteiger partial charge in [0.1, 0.15) is 11.4 Å². The summed E-state index contributed by atoms with van der Waals surface area (Å²) in [5, 5.41) is 3.16. The van der Waals surface area contributed by atoms with Crippen LogP contribution in [0.1, 0.15) is 25.1 Å². The van der Waals surface area contributed by atoms with Crippen LogP contribution in [0.3, 0.4) is 0 Å². The molecule has 0 atom stereocenters. The molecule has 2 heterocycles. The Hall–Kier alpha value is -3.93. The number of pyridine rings is 1. The van der Waals surface area contributed by atoms with Gasteiger partial charge < -0.3 is 10.1 Å². The van der Waals surface area contributed by atoms with E-state index in [4.69, 9.17) is 4.74 Å². The molecule has 1 aliphatic heterocycles. The number of anilines is 1. The third-order valence-corrected chi connectivity index (χ3v) is 4.77. The summed E-state index contributed by atoms with van der Waals surface area (Å²) in [7, 11) is 0. The van der Waals surface area contributed by atoms with Gasteiger partial charge >= 0.3 is 0 Å². The molecule has 1 aromatic heterocycles. The summed E-state index contributed by atoms with van der Waals surface area (Å²) in [6, 6.07) is 21.9. The molecule has 2 aromatic carbocycles. The van der Waals surface area contributed by atoms with Crippen LogP contribution in [0.25, 0.3) is 5.57 Å². The summed E-state index contributed by atoms with van der Waals surface area (Å²) in [4.78, 5) is 32.0. The van der Waals surface area contributed by atoms with E-state index in [1.165, 1.54) is 4.90 Å². The monoisotopic (exact) mass is 413 g/mol. The van der Waals surface area contributed by atoms with Crippen molar-refractivity contribution in [2.45, 2.75) is 26.5 Å². The van der Waals surface area contributed by atoms with Gasteiger partial charge in [0.15, 0.2) is 0 Å². The van der Waals surface area contributed by atoms with E-state index >= 15 is 0 Å². The Bertz CT molecular complexity index is 1110. The van der Waals surface area contributed by atoms with Gasteiger partial charge in [-0.05, 0) is 55.8 Å². The molecule has 0 radical (unpaired) electrons. The van der Waals surface area contributed by atoms with Crippen molar-refractivity contribution in [3.05, 3.63) is 95.9 Å². The van der Waals surface area contributed by atoms with Gasteiger partial charge in [0, 0.05) is 11.9 Å². The lowest BCUT2D eigenvalue weighted by Crippen LogP contribution is -2.32. The molecule has 0 fully saturated rings. The standard InChI is InChI=1S/C25H23N3O3/c1-17(2)31-21-13-11-19(12-14-21)27-23-22(18-8-4-3-5-9-18)24(29)28(25(23)30)16-20-10-6-7-15-26-20/h3-15,17,27H,16H2,1-2H3. The molecule has 0 unspecified atom stereocenters. The maximum atomic E-state index is 13.3. The molecule has 0 spiro atoms. The Balaban J connectivity index is 1.66. The second kappa shape index (κ2) is 8.83. The van der Waals surface area contributed by atoms with E-state index in [1.54, 1.807) is 18.3 Å². The van der Waals surface area contributed by atoms with Gasteiger partial charge in [0.2, 0.25) is 0 Å². The quantitative estimate of drug-likeness (QED) is 0.586. The number of nitrogens with zero attached hydrogens (tertiary/aromatic N) is 2. The number of hydrogen-bond donors (Lipinski definition) is 1. The predicted molar refractivity (Wildman–Crippen MR) is 119 cm³/mol. The molecule has 1 N–H and O–H groups in total. The second-order valence-corrected chi connectivity index (χ2v) is 7.45. The van der Waals surface area contributed by atoms with Gasteiger partial charge in [-0.15, -0.1) is 0 Å². The molecule has 0 saturated carbocycles. The molecular weight excluding hydrogens is 390 g/mol. The van der Waals surface area contributed by atoms with E-state index in [0.29, 0.717) is 22.5 Å². The Morgan fingerprint density at radius 2 is 1.61 bits per heavy atom. The lowest BCUT2D eigenvalue weighted by molar-refractivity contribution is -0.137. The van der Waals surface area contributed by atoms with Crippen LogP contribution in [0.5, 0.6) is 5.75 Å². The van der Waals surface area contributed by atoms with Crippen LogP contribution in [0.2, 0.25) is 0 Å². The van der Waals surface area contributed by atoms with Crippen molar-refractivity contribution in [3.8, 4) is 5.75 Å². The number of benzene rings is 2. The minimum atomic E-state index is -0.378. The average Bonchev–Trinajstić information content (AvgIpc) is 3.00. The first-order valence-corrected chi connectivity index (χ1v) is 10.1. The van der Waals surface area contributed by atoms with E-state index in [9.17, 15) is 9.59 Å². The Morgan fingerprint density at radius 1 is 0.903 bits per heavy atom. The van der Waals surface area contributed by atoms with Crippen molar-refractivity contribution >= 4 is 23.1 Å². The summed E-state index contributed by atoms with van der Waals surface area (Å²) < 4.78 is 5.68. The highest BCUT2D eigenvalue weighted by Gasteiger charge is 2.39. The smallest absolute Gasteiger partial charge is 0.278 e. The molecule has 6 nitrogen and oxygen atoms in total. The van der Waals surface area contributed by atoms with Crippen LogP contribution in [0, 0.1) is 0 Å². The highest BCUT2D eigenvalue weighted by Crippen LogP contribution is 2.31. The number of aromatic nitrogens is 1. The molecule has 3 aromatic rings. The number of amides is 2. The molecule has 156 valence electrons. The number of imide groups is 1. The van der Waals surface area contributed by atoms with Gasteiger partial charge in [-0.3, -0.25) is 19.5 Å². The fourth-order valence-corrected chi connectivity index (χ4v) is 3.40. The zero-order valence-electron chi connectivity index (χ0n) is 17.4. The molecule has 6 heteroatoms. The molecule has 2 amide bonds. The highest BCUT2D eigenvalue weighted by molar-refractivity contribution is 6.36. The van der Waals surface area contributed by atoms with Crippen molar-refractivity contribution in [1.29, 1.82) is 0 Å². The summed E-state index contributed by atoms with van der Waals surface area (Å²) in [6.45, 7) is 4.03. The summed E-state index contributed by atoms with van der Waals surface area (Å²) >= 11 is 0. The number of carbonyl (C=O) groups is 2. The molecule has 31 heavy (non-hydrogen) atoms. The minimum Gasteiger partial charge on any atom is -0.491 e. The largest absolute Gasteiger partial charge is 0.491 e. The van der Waals surface area contributed by atoms with Crippen molar-refractivity contribution in [2.75, 3.05) is 5.32 Å². The first-order chi connectivity index (χ1) is 15.0. The maximum Gasteiger partial charge on any atom is 0.278 e. The second-order valence-electron chi connectivity index (χ2n) is 7.45. The minimum absolute atomic E-state index is 0.0698. The number of ether oxygens (including phenoxy) is 1. The van der Waals surface area contributed by atoms with Crippen LogP contribution < -0.4 is 10.1 Å². The van der Waals surface area contributed by atoms with Crippen molar-refractivity contribution in [1.82, 2.24) is 9.88 Å². The van der Waals surface area contributed by atoms with E-state index < -0.39 is 0 Å². The molecule has 1 aliphatic rings. The van der Waals surface area contributed by atoms with Crippen LogP contribution in [-0.2, 0) is 16.1 Å². The summed E-state index contributed by atoms with van der Waals surface area (Å²) in [5.41, 5.74) is 2.63. The molecule has 0 bridgehead atoms. The van der Waals surface area contributed by atoms with Gasteiger partial charge in [0.25, 0.3) is 11.8 Å². The predicted octanol–water partition coefficient (Wildman–Crippen LogP) is 4.26. The zero-order valence-corrected chi connectivity index (χ0v) is 17.4. The Morgan fingerprint density at radius 3 is 2.26 bits per heavy atom. The third-order valence-electron chi connectivity index (χ3n) is 4.77. The zero-order chi connectivity index (χ0) is 21.8. The fourth-order valence-electron chi connectivity index (χ4n) is 3.40. The van der Waals surface area contributed by atoms with Crippen LogP contribution in [0.4, 0.5) is 5.69 Å². The number of nitrogens with one attached hydrogen (secondary N) is 1. The maximum absolute atomic E-state index is 13.3. The van der Waals surface area contributed by atoms with Crippen LogP contribution >= 0.6 is 0 Å². The molecular formula is C25H23N3O3. The van der Waals surface area contributed by atoms with Crippen molar-refractivity contribution < 1.29 is 14.3 Å².